The Morgan fingerprint density at radius 3 is 2.86 bits per heavy atom. The normalized spacial score (nSPS) is 18.2. The summed E-state index contributed by atoms with van der Waals surface area (Å²) >= 11 is 1.34. The highest BCUT2D eigenvalue weighted by molar-refractivity contribution is 8.18. The molecular formula is C16H16N4OS. The number of amides is 1. The van der Waals surface area contributed by atoms with Gasteiger partial charge >= 0.3 is 0 Å². The molecule has 0 radical (unpaired) electrons. The standard InChI is InChI=1S/C16H16N4OS/c1-10-4-5-13(11(2)6-10)18-16-19-15(21)14(22-16)7-12-8-17-20(3)9-12/h4-9H,1-3H3,(H,18,19,21)/b14-7+. The monoisotopic (exact) mass is 312 g/mol. The van der Waals surface area contributed by atoms with Crippen LogP contribution in [-0.4, -0.2) is 20.9 Å². The van der Waals surface area contributed by atoms with Crippen LogP contribution >= 0.6 is 11.8 Å². The molecule has 6 heteroatoms. The Morgan fingerprint density at radius 1 is 1.36 bits per heavy atom. The topological polar surface area (TPSA) is 59.3 Å². The molecule has 3 rings (SSSR count). The summed E-state index contributed by atoms with van der Waals surface area (Å²) in [6.07, 6.45) is 5.40. The van der Waals surface area contributed by atoms with E-state index in [4.69, 9.17) is 0 Å². The fourth-order valence-electron chi connectivity index (χ4n) is 2.19. The van der Waals surface area contributed by atoms with Crippen molar-refractivity contribution in [3.8, 4) is 0 Å². The summed E-state index contributed by atoms with van der Waals surface area (Å²) in [6.45, 7) is 4.06. The van der Waals surface area contributed by atoms with E-state index in [9.17, 15) is 4.79 Å². The molecule has 0 bridgehead atoms. The highest BCUT2D eigenvalue weighted by atomic mass is 32.2. The Hall–Kier alpha value is -2.34. The molecule has 1 aromatic heterocycles. The van der Waals surface area contributed by atoms with Crippen LogP contribution in [0.1, 0.15) is 16.7 Å². The Labute approximate surface area is 133 Å². The van der Waals surface area contributed by atoms with Gasteiger partial charge in [0.2, 0.25) is 0 Å². The van der Waals surface area contributed by atoms with Crippen LogP contribution in [0, 0.1) is 13.8 Å². The van der Waals surface area contributed by atoms with E-state index in [1.54, 1.807) is 10.9 Å². The molecular weight excluding hydrogens is 296 g/mol. The van der Waals surface area contributed by atoms with Gasteiger partial charge in [0, 0.05) is 18.8 Å². The van der Waals surface area contributed by atoms with Gasteiger partial charge in [-0.25, -0.2) is 4.99 Å². The summed E-state index contributed by atoms with van der Waals surface area (Å²) in [7, 11) is 1.84. The number of aryl methyl sites for hydroxylation is 3. The molecule has 0 aliphatic carbocycles. The van der Waals surface area contributed by atoms with E-state index in [1.807, 2.05) is 45.3 Å². The third-order valence-corrected chi connectivity index (χ3v) is 4.16. The number of carbonyl (C=O) groups is 1. The van der Waals surface area contributed by atoms with E-state index in [1.165, 1.54) is 17.3 Å². The Balaban J connectivity index is 1.85. The number of carbonyl (C=O) groups excluding carboxylic acids is 1. The first kappa shape index (κ1) is 14.6. The highest BCUT2D eigenvalue weighted by Crippen LogP contribution is 2.29. The van der Waals surface area contributed by atoms with Gasteiger partial charge in [0.15, 0.2) is 5.17 Å². The fourth-order valence-corrected chi connectivity index (χ4v) is 3.02. The molecule has 0 atom stereocenters. The fraction of sp³-hybridized carbons (Fsp3) is 0.188. The summed E-state index contributed by atoms with van der Waals surface area (Å²) < 4.78 is 1.70. The third kappa shape index (κ3) is 3.12. The second-order valence-corrected chi connectivity index (χ2v) is 6.25. The van der Waals surface area contributed by atoms with Crippen LogP contribution in [0.5, 0.6) is 0 Å². The molecule has 0 spiro atoms. The van der Waals surface area contributed by atoms with Crippen molar-refractivity contribution in [2.24, 2.45) is 12.0 Å². The van der Waals surface area contributed by atoms with E-state index < -0.39 is 0 Å². The molecule has 1 amide bonds. The number of amidine groups is 1. The second kappa shape index (κ2) is 5.81. The van der Waals surface area contributed by atoms with Gasteiger partial charge in [-0.2, -0.15) is 5.10 Å². The molecule has 112 valence electrons. The van der Waals surface area contributed by atoms with E-state index >= 15 is 0 Å². The molecule has 5 nitrogen and oxygen atoms in total. The van der Waals surface area contributed by atoms with Crippen molar-refractivity contribution in [3.05, 3.63) is 52.2 Å². The largest absolute Gasteiger partial charge is 0.300 e. The first-order valence-electron chi connectivity index (χ1n) is 6.87. The molecule has 1 N–H and O–H groups in total. The maximum Gasteiger partial charge on any atom is 0.264 e. The minimum Gasteiger partial charge on any atom is -0.300 e. The number of rotatable bonds is 2. The lowest BCUT2D eigenvalue weighted by Crippen LogP contribution is -2.19. The minimum atomic E-state index is -0.127. The summed E-state index contributed by atoms with van der Waals surface area (Å²) in [6, 6.07) is 6.06. The molecule has 2 heterocycles. The van der Waals surface area contributed by atoms with Crippen LogP contribution in [0.25, 0.3) is 6.08 Å². The lowest BCUT2D eigenvalue weighted by atomic mass is 10.1. The van der Waals surface area contributed by atoms with Gasteiger partial charge in [-0.3, -0.25) is 9.48 Å². The average molecular weight is 312 g/mol. The van der Waals surface area contributed by atoms with E-state index in [2.05, 4.69) is 21.5 Å². The molecule has 0 unspecified atom stereocenters. The number of nitrogens with zero attached hydrogens (tertiary/aromatic N) is 3. The maximum atomic E-state index is 12.0. The van der Waals surface area contributed by atoms with Crippen LogP contribution < -0.4 is 5.32 Å². The number of aromatic nitrogens is 2. The van der Waals surface area contributed by atoms with Crippen LogP contribution in [0.15, 0.2) is 40.5 Å². The molecule has 0 saturated carbocycles. The highest BCUT2D eigenvalue weighted by Gasteiger charge is 2.24. The van der Waals surface area contributed by atoms with Crippen LogP contribution in [0.4, 0.5) is 5.69 Å². The quantitative estimate of drug-likeness (QED) is 0.867. The van der Waals surface area contributed by atoms with Crippen molar-refractivity contribution < 1.29 is 4.79 Å². The first-order valence-corrected chi connectivity index (χ1v) is 7.68. The number of nitrogens with one attached hydrogen (secondary N) is 1. The van der Waals surface area contributed by atoms with Gasteiger partial charge < -0.3 is 5.32 Å². The Kier molecular flexibility index (Phi) is 3.85. The molecule has 22 heavy (non-hydrogen) atoms. The lowest BCUT2D eigenvalue weighted by molar-refractivity contribution is -0.115. The Bertz CT molecular complexity index is 804. The van der Waals surface area contributed by atoms with Crippen molar-refractivity contribution >= 4 is 34.6 Å². The van der Waals surface area contributed by atoms with Crippen molar-refractivity contribution in [1.82, 2.24) is 15.1 Å². The number of aliphatic imine (C=N–C) groups is 1. The number of hydrogen-bond donors (Lipinski definition) is 1. The number of hydrogen-bond acceptors (Lipinski definition) is 4. The zero-order chi connectivity index (χ0) is 15.7. The predicted molar refractivity (Wildman–Crippen MR) is 89.9 cm³/mol. The predicted octanol–water partition coefficient (Wildman–Crippen LogP) is 2.93. The van der Waals surface area contributed by atoms with Crippen molar-refractivity contribution in [2.45, 2.75) is 13.8 Å². The van der Waals surface area contributed by atoms with Crippen LogP contribution in [-0.2, 0) is 11.8 Å². The van der Waals surface area contributed by atoms with Gasteiger partial charge in [-0.15, -0.1) is 0 Å². The second-order valence-electron chi connectivity index (χ2n) is 5.22. The summed E-state index contributed by atoms with van der Waals surface area (Å²) in [5.41, 5.74) is 4.05. The van der Waals surface area contributed by atoms with Crippen molar-refractivity contribution in [2.75, 3.05) is 0 Å². The molecule has 1 aromatic carbocycles. The summed E-state index contributed by atoms with van der Waals surface area (Å²) in [5, 5.41) is 7.49. The van der Waals surface area contributed by atoms with Gasteiger partial charge in [0.1, 0.15) is 0 Å². The Morgan fingerprint density at radius 2 is 2.18 bits per heavy atom. The van der Waals surface area contributed by atoms with Crippen LogP contribution in [0.2, 0.25) is 0 Å². The third-order valence-electron chi connectivity index (χ3n) is 3.25. The van der Waals surface area contributed by atoms with Crippen molar-refractivity contribution in [3.63, 3.8) is 0 Å². The van der Waals surface area contributed by atoms with E-state index in [-0.39, 0.29) is 5.91 Å². The number of thioether (sulfide) groups is 1. The van der Waals surface area contributed by atoms with E-state index in [0.717, 1.165) is 16.8 Å². The zero-order valence-corrected chi connectivity index (χ0v) is 13.4. The van der Waals surface area contributed by atoms with Crippen LogP contribution in [0.3, 0.4) is 0 Å². The molecule has 1 saturated heterocycles. The summed E-state index contributed by atoms with van der Waals surface area (Å²) in [5.74, 6) is -0.127. The van der Waals surface area contributed by atoms with Gasteiger partial charge in [-0.05, 0) is 43.3 Å². The van der Waals surface area contributed by atoms with E-state index in [0.29, 0.717) is 10.1 Å². The molecule has 1 aliphatic heterocycles. The first-order chi connectivity index (χ1) is 10.5. The molecule has 2 aromatic rings. The molecule has 1 fully saturated rings. The SMILES string of the molecule is Cc1ccc(N=C2NC(=O)/C(=C\c3cnn(C)c3)S2)c(C)c1. The number of benzene rings is 1. The lowest BCUT2D eigenvalue weighted by Gasteiger charge is -2.02. The maximum absolute atomic E-state index is 12.0. The minimum absolute atomic E-state index is 0.127. The smallest absolute Gasteiger partial charge is 0.264 e. The summed E-state index contributed by atoms with van der Waals surface area (Å²) in [4.78, 5) is 17.2. The average Bonchev–Trinajstić information content (AvgIpc) is 3.00. The van der Waals surface area contributed by atoms with Crippen molar-refractivity contribution in [1.29, 1.82) is 0 Å². The van der Waals surface area contributed by atoms with Gasteiger partial charge in [-0.1, -0.05) is 17.7 Å². The van der Waals surface area contributed by atoms with Gasteiger partial charge in [0.05, 0.1) is 16.8 Å². The molecule has 1 aliphatic rings. The van der Waals surface area contributed by atoms with Gasteiger partial charge in [0.25, 0.3) is 5.91 Å². The zero-order valence-electron chi connectivity index (χ0n) is 12.6.